The highest BCUT2D eigenvalue weighted by atomic mass is 32.2. The number of benzene rings is 3. The minimum Gasteiger partial charge on any atom is -0.366 e. The van der Waals surface area contributed by atoms with Crippen LogP contribution < -0.4 is 21.5 Å². The van der Waals surface area contributed by atoms with Crippen LogP contribution in [0.5, 0.6) is 0 Å². The summed E-state index contributed by atoms with van der Waals surface area (Å²) >= 11 is 0. The summed E-state index contributed by atoms with van der Waals surface area (Å²) in [6, 6.07) is 15.7. The number of hydrogen-bond donors (Lipinski definition) is 4. The molecule has 6 N–H and O–H groups in total. The first kappa shape index (κ1) is 22.8. The second-order valence-corrected chi connectivity index (χ2v) is 9.09. The van der Waals surface area contributed by atoms with Crippen molar-refractivity contribution in [3.8, 4) is 0 Å². The smallest absolute Gasteiger partial charge is 0.255 e. The first-order valence-corrected chi connectivity index (χ1v) is 11.5. The zero-order valence-electron chi connectivity index (χ0n) is 17.9. The van der Waals surface area contributed by atoms with Gasteiger partial charge in [-0.1, -0.05) is 12.1 Å². The van der Waals surface area contributed by atoms with Gasteiger partial charge in [0, 0.05) is 22.8 Å². The number of aromatic nitrogens is 2. The largest absolute Gasteiger partial charge is 0.366 e. The molecule has 0 saturated carbocycles. The van der Waals surface area contributed by atoms with E-state index in [9.17, 15) is 18.0 Å². The molecule has 10 nitrogen and oxygen atoms in total. The number of sulfonamides is 1. The fourth-order valence-electron chi connectivity index (χ4n) is 3.25. The van der Waals surface area contributed by atoms with Crippen molar-refractivity contribution in [2.24, 2.45) is 10.9 Å². The fraction of sp³-hybridized carbons (Fsp3) is 0.0435. The summed E-state index contributed by atoms with van der Waals surface area (Å²) in [6.45, 7) is 1.84. The Hall–Kier alpha value is -4.35. The summed E-state index contributed by atoms with van der Waals surface area (Å²) in [7, 11) is -3.79. The van der Waals surface area contributed by atoms with Gasteiger partial charge in [0.2, 0.25) is 16.0 Å². The van der Waals surface area contributed by atoms with E-state index in [1.54, 1.807) is 42.6 Å². The first-order valence-electron chi connectivity index (χ1n) is 9.99. The van der Waals surface area contributed by atoms with Crippen LogP contribution in [0.3, 0.4) is 0 Å². The number of anilines is 3. The first-order chi connectivity index (χ1) is 16.1. The lowest BCUT2D eigenvalue weighted by Gasteiger charge is -2.11. The van der Waals surface area contributed by atoms with E-state index in [1.807, 2.05) is 6.92 Å². The molecule has 0 spiro atoms. The van der Waals surface area contributed by atoms with Crippen molar-refractivity contribution in [3.63, 3.8) is 0 Å². The quantitative estimate of drug-likeness (QED) is 0.331. The van der Waals surface area contributed by atoms with Crippen LogP contribution in [-0.4, -0.2) is 30.2 Å². The van der Waals surface area contributed by atoms with Crippen LogP contribution in [-0.2, 0) is 10.0 Å². The number of nitrogens with one attached hydrogen (secondary N) is 2. The Kier molecular flexibility index (Phi) is 5.97. The number of primary amides is 1. The third-order valence-corrected chi connectivity index (χ3v) is 5.90. The summed E-state index contributed by atoms with van der Waals surface area (Å²) in [6.07, 6.45) is 1.59. The minimum atomic E-state index is -3.79. The van der Waals surface area contributed by atoms with E-state index in [1.165, 1.54) is 24.3 Å². The van der Waals surface area contributed by atoms with Crippen molar-refractivity contribution in [1.82, 2.24) is 9.97 Å². The molecule has 4 rings (SSSR count). The number of nitrogens with zero attached hydrogens (tertiary/aromatic N) is 2. The Morgan fingerprint density at radius 3 is 2.38 bits per heavy atom. The molecule has 0 atom stereocenters. The summed E-state index contributed by atoms with van der Waals surface area (Å²) in [5.41, 5.74) is 8.19. The number of carbonyl (C=O) groups excluding carboxylic acids is 2. The zero-order chi connectivity index (χ0) is 24.5. The maximum Gasteiger partial charge on any atom is 0.255 e. The molecule has 11 heteroatoms. The van der Waals surface area contributed by atoms with Gasteiger partial charge in [0.15, 0.2) is 0 Å². The molecule has 0 radical (unpaired) electrons. The number of fused-ring (bicyclic) bond motifs is 1. The van der Waals surface area contributed by atoms with Crippen LogP contribution in [0.15, 0.2) is 71.8 Å². The number of nitrogens with two attached hydrogens (primary N) is 2. The molecule has 0 fully saturated rings. The van der Waals surface area contributed by atoms with Gasteiger partial charge in [-0.3, -0.25) is 9.59 Å². The maximum absolute atomic E-state index is 12.9. The van der Waals surface area contributed by atoms with Crippen molar-refractivity contribution in [2.45, 2.75) is 11.8 Å². The monoisotopic (exact) mass is 476 g/mol. The Balaban J connectivity index is 1.58. The fourth-order valence-corrected chi connectivity index (χ4v) is 3.77. The van der Waals surface area contributed by atoms with Crippen molar-refractivity contribution < 1.29 is 18.0 Å². The Labute approximate surface area is 195 Å². The normalized spacial score (nSPS) is 11.2. The molecule has 3 aromatic carbocycles. The van der Waals surface area contributed by atoms with Crippen LogP contribution in [0.25, 0.3) is 10.9 Å². The summed E-state index contributed by atoms with van der Waals surface area (Å²) < 4.78 is 22.8. The highest BCUT2D eigenvalue weighted by Crippen LogP contribution is 2.21. The molecule has 172 valence electrons. The van der Waals surface area contributed by atoms with Gasteiger partial charge in [0.05, 0.1) is 21.7 Å². The lowest BCUT2D eigenvalue weighted by molar-refractivity contribution is 0.100. The molecule has 2 amide bonds. The molecule has 0 unspecified atom stereocenters. The predicted octanol–water partition coefficient (Wildman–Crippen LogP) is 2.68. The van der Waals surface area contributed by atoms with Crippen molar-refractivity contribution in [1.29, 1.82) is 0 Å². The predicted molar refractivity (Wildman–Crippen MR) is 128 cm³/mol. The molecule has 0 aliphatic rings. The van der Waals surface area contributed by atoms with Crippen molar-refractivity contribution >= 4 is 50.1 Å². The molecule has 0 aliphatic carbocycles. The molecule has 0 aliphatic heterocycles. The van der Waals surface area contributed by atoms with Crippen LogP contribution >= 0.6 is 0 Å². The van der Waals surface area contributed by atoms with Crippen molar-refractivity contribution in [3.05, 3.63) is 83.6 Å². The Morgan fingerprint density at radius 2 is 1.71 bits per heavy atom. The minimum absolute atomic E-state index is 0.0127. The lowest BCUT2D eigenvalue weighted by atomic mass is 10.1. The average Bonchev–Trinajstić information content (AvgIpc) is 2.78. The van der Waals surface area contributed by atoms with E-state index in [-0.39, 0.29) is 16.4 Å². The summed E-state index contributed by atoms with van der Waals surface area (Å²) in [5, 5.41) is 11.5. The molecular formula is C23H20N6O4S. The number of aryl methyl sites for hydroxylation is 1. The molecule has 34 heavy (non-hydrogen) atoms. The molecule has 4 aromatic rings. The number of carbonyl (C=O) groups is 2. The van der Waals surface area contributed by atoms with E-state index >= 15 is 0 Å². The summed E-state index contributed by atoms with van der Waals surface area (Å²) in [4.78, 5) is 33.2. The van der Waals surface area contributed by atoms with Crippen LogP contribution in [0.2, 0.25) is 0 Å². The van der Waals surface area contributed by atoms with E-state index in [4.69, 9.17) is 10.9 Å². The second kappa shape index (κ2) is 8.89. The lowest BCUT2D eigenvalue weighted by Crippen LogP contribution is -2.18. The topological polar surface area (TPSA) is 170 Å². The van der Waals surface area contributed by atoms with Gasteiger partial charge in [0.1, 0.15) is 0 Å². The van der Waals surface area contributed by atoms with Gasteiger partial charge < -0.3 is 16.4 Å². The SMILES string of the molecule is Cc1ccc(C(N)=O)c(NC(=O)c2ccc3cnc(Nc4ccc(S(N)(=O)=O)cc4)nc3c2)c1. The van der Waals surface area contributed by atoms with E-state index in [0.29, 0.717) is 27.8 Å². The third kappa shape index (κ3) is 5.00. The van der Waals surface area contributed by atoms with Gasteiger partial charge in [-0.2, -0.15) is 0 Å². The molecule has 0 saturated heterocycles. The van der Waals surface area contributed by atoms with Crippen LogP contribution in [0.1, 0.15) is 26.3 Å². The third-order valence-electron chi connectivity index (χ3n) is 4.97. The summed E-state index contributed by atoms with van der Waals surface area (Å²) in [5.74, 6) is -0.820. The van der Waals surface area contributed by atoms with E-state index in [0.717, 1.165) is 5.56 Å². The number of hydrogen-bond acceptors (Lipinski definition) is 7. The molecule has 1 heterocycles. The molecule has 0 bridgehead atoms. The zero-order valence-corrected chi connectivity index (χ0v) is 18.8. The maximum atomic E-state index is 12.9. The van der Waals surface area contributed by atoms with Gasteiger partial charge in [-0.25, -0.2) is 23.5 Å². The second-order valence-electron chi connectivity index (χ2n) is 7.53. The van der Waals surface area contributed by atoms with Gasteiger partial charge >= 0.3 is 0 Å². The van der Waals surface area contributed by atoms with Gasteiger partial charge in [0.25, 0.3) is 11.8 Å². The van der Waals surface area contributed by atoms with Gasteiger partial charge in [-0.15, -0.1) is 0 Å². The van der Waals surface area contributed by atoms with Crippen LogP contribution in [0.4, 0.5) is 17.3 Å². The number of rotatable bonds is 6. The Bertz CT molecular complexity index is 1540. The number of amides is 2. The highest BCUT2D eigenvalue weighted by molar-refractivity contribution is 7.89. The van der Waals surface area contributed by atoms with E-state index in [2.05, 4.69) is 20.6 Å². The highest BCUT2D eigenvalue weighted by Gasteiger charge is 2.14. The standard InChI is InChI=1S/C23H20N6O4S/c1-13-2-9-18(21(24)30)20(10-13)28-22(31)14-3-4-15-12-26-23(29-19(15)11-14)27-16-5-7-17(8-6-16)34(25,32)33/h2-12H,1H3,(H2,24,30)(H,28,31)(H2,25,32,33)(H,26,27,29). The Morgan fingerprint density at radius 1 is 0.971 bits per heavy atom. The van der Waals surface area contributed by atoms with Crippen LogP contribution in [0, 0.1) is 6.92 Å². The molecule has 1 aromatic heterocycles. The van der Waals surface area contributed by atoms with E-state index < -0.39 is 21.8 Å². The van der Waals surface area contributed by atoms with Gasteiger partial charge in [-0.05, 0) is 61.0 Å². The average molecular weight is 477 g/mol. The number of primary sulfonamides is 1. The molecular weight excluding hydrogens is 456 g/mol. The van der Waals surface area contributed by atoms with Crippen molar-refractivity contribution in [2.75, 3.05) is 10.6 Å².